The summed E-state index contributed by atoms with van der Waals surface area (Å²) in [4.78, 5) is 64.1. The number of halogens is 3. The van der Waals surface area contributed by atoms with Crippen molar-refractivity contribution in [3.8, 4) is 21.6 Å². The van der Waals surface area contributed by atoms with Gasteiger partial charge < -0.3 is 30.1 Å². The summed E-state index contributed by atoms with van der Waals surface area (Å²) in [6.07, 6.45) is 3.12. The second-order valence-electron chi connectivity index (χ2n) is 22.8. The van der Waals surface area contributed by atoms with E-state index in [2.05, 4.69) is 47.1 Å². The number of hydrazine groups is 1. The number of nitrogens with zero attached hydrogens (tertiary/aromatic N) is 10. The number of piperazine rings is 1. The fraction of sp³-hybridized carbons (Fsp3) is 0.433. The predicted molar refractivity (Wildman–Crippen MR) is 315 cm³/mol. The van der Waals surface area contributed by atoms with Crippen molar-refractivity contribution in [2.24, 2.45) is 18.9 Å². The summed E-state index contributed by atoms with van der Waals surface area (Å²) in [7, 11) is -1.58. The zero-order chi connectivity index (χ0) is 58.4. The Hall–Kier alpha value is -7.18. The molecule has 3 N–H and O–H groups in total. The molecule has 0 aliphatic carbocycles. The lowest BCUT2D eigenvalue weighted by Gasteiger charge is -2.40. The van der Waals surface area contributed by atoms with Gasteiger partial charge in [0.1, 0.15) is 35.2 Å². The van der Waals surface area contributed by atoms with Crippen molar-refractivity contribution in [3.63, 3.8) is 0 Å². The number of amides is 2. The number of likely N-dealkylation sites (tertiary alicyclic amines) is 1. The number of thiazole rings is 1. The Balaban J connectivity index is 0.671. The molecule has 0 radical (unpaired) electrons. The quantitative estimate of drug-likeness (QED) is 0.0510. The summed E-state index contributed by atoms with van der Waals surface area (Å²) in [5.41, 5.74) is 6.80. The van der Waals surface area contributed by atoms with E-state index < -0.39 is 63.8 Å². The second-order valence-corrected chi connectivity index (χ2v) is 24.5. The number of pyridine rings is 1. The van der Waals surface area contributed by atoms with E-state index in [0.717, 1.165) is 115 Å². The molecule has 3 aromatic carbocycles. The Kier molecular flexibility index (Phi) is 16.8. The van der Waals surface area contributed by atoms with Gasteiger partial charge in [-0.25, -0.2) is 36.6 Å². The summed E-state index contributed by atoms with van der Waals surface area (Å²) in [6.45, 7) is 13.9. The lowest BCUT2D eigenvalue weighted by atomic mass is 9.90. The molecule has 4 aliphatic rings. The van der Waals surface area contributed by atoms with Crippen LogP contribution >= 0.6 is 11.3 Å². The number of carbonyl (C=O) groups is 3. The molecule has 0 unspecified atom stereocenters. The summed E-state index contributed by atoms with van der Waals surface area (Å²) < 4.78 is 72.5. The van der Waals surface area contributed by atoms with E-state index in [-0.39, 0.29) is 61.8 Å². The van der Waals surface area contributed by atoms with Crippen molar-refractivity contribution in [3.05, 3.63) is 130 Å². The Bertz CT molecular complexity index is 3590. The van der Waals surface area contributed by atoms with Crippen LogP contribution in [0, 0.1) is 30.4 Å². The number of aromatic amines is 1. The lowest BCUT2D eigenvalue weighted by Crippen LogP contribution is -2.49. The molecule has 11 rings (SSSR count). The summed E-state index contributed by atoms with van der Waals surface area (Å²) in [5.74, 6) is -3.30. The highest BCUT2D eigenvalue weighted by Gasteiger charge is 2.44. The fourth-order valence-electron chi connectivity index (χ4n) is 12.4. The number of anilines is 3. The van der Waals surface area contributed by atoms with E-state index in [1.807, 2.05) is 87.4 Å². The van der Waals surface area contributed by atoms with E-state index in [4.69, 9.17) is 5.10 Å². The zero-order valence-electron chi connectivity index (χ0n) is 47.1. The first-order valence-electron chi connectivity index (χ1n) is 28.4. The van der Waals surface area contributed by atoms with Gasteiger partial charge in [0.2, 0.25) is 28.5 Å². The maximum Gasteiger partial charge on any atom is 0.243 e. The Morgan fingerprint density at radius 2 is 1.59 bits per heavy atom. The Labute approximate surface area is 486 Å². The molecule has 18 nitrogen and oxygen atoms in total. The highest BCUT2D eigenvalue weighted by molar-refractivity contribution is 7.73. The monoisotopic (exact) mass is 1170 g/mol. The first-order chi connectivity index (χ1) is 39.9. The maximum atomic E-state index is 16.1. The van der Waals surface area contributed by atoms with Crippen LogP contribution in [0.3, 0.4) is 0 Å². The highest BCUT2D eigenvalue weighted by Crippen LogP contribution is 2.36. The van der Waals surface area contributed by atoms with Crippen LogP contribution in [0.4, 0.5) is 30.4 Å². The number of aryl methyl sites for hydroxylation is 2. The fourth-order valence-corrected chi connectivity index (χ4v) is 13.9. The molecule has 0 spiro atoms. The molecule has 8 heterocycles. The molecule has 2 amide bonds. The zero-order valence-corrected chi connectivity index (χ0v) is 48.8. The molecule has 4 aromatic heterocycles. The first kappa shape index (κ1) is 57.6. The van der Waals surface area contributed by atoms with Crippen molar-refractivity contribution >= 4 is 68.1 Å². The normalized spacial score (nSPS) is 20.0. The molecule has 0 saturated carbocycles. The summed E-state index contributed by atoms with van der Waals surface area (Å²) in [6, 6.07) is 20.5. The first-order valence-corrected chi connectivity index (χ1v) is 30.4. The molecule has 5 atom stereocenters. The predicted octanol–water partition coefficient (Wildman–Crippen LogP) is 7.81. The van der Waals surface area contributed by atoms with Crippen molar-refractivity contribution in [1.29, 1.82) is 0 Å². The third-order valence-electron chi connectivity index (χ3n) is 17.0. The van der Waals surface area contributed by atoms with E-state index in [0.29, 0.717) is 32.6 Å². The molecule has 4 saturated heterocycles. The molecule has 0 bridgehead atoms. The van der Waals surface area contributed by atoms with Crippen LogP contribution in [0.1, 0.15) is 91.3 Å². The van der Waals surface area contributed by atoms with E-state index in [9.17, 15) is 32.3 Å². The number of fused-ring (bicyclic) bond motifs is 1. The summed E-state index contributed by atoms with van der Waals surface area (Å²) in [5, 5.41) is 20.3. The minimum atomic E-state index is -3.49. The molecule has 83 heavy (non-hydrogen) atoms. The van der Waals surface area contributed by atoms with Crippen LogP contribution in [-0.4, -0.2) is 154 Å². The van der Waals surface area contributed by atoms with E-state index >= 15 is 8.78 Å². The second kappa shape index (κ2) is 24.2. The number of β-amino-alcohol motifs (C(OH)–C–C–N with tert-alkyl or cyclic N) is 1. The number of aliphatic hydroxyl groups excluding tert-OH is 1. The van der Waals surface area contributed by atoms with Crippen LogP contribution in [0.15, 0.2) is 90.7 Å². The van der Waals surface area contributed by atoms with Crippen LogP contribution in [0.2, 0.25) is 0 Å². The smallest absolute Gasteiger partial charge is 0.243 e. The van der Waals surface area contributed by atoms with E-state index in [1.165, 1.54) is 6.20 Å². The number of hydrogen-bond donors (Lipinski definition) is 4. The van der Waals surface area contributed by atoms with Crippen molar-refractivity contribution < 1.29 is 41.1 Å². The number of H-pyrrole nitrogens is 1. The SMILES string of the molecule is Cc1ncsc1-c1ccc([C@H](C)NC(=O)[C@@H]2C[C@@H](O)CN2C(=O)[C@H](c2cc(N3CCN(CC4CCN(c5ccc(-c6cnc7[nH]cc(C(=O)c8c(F)ccc(N(N9CC[C@@H](F)C9)[SH](=O)=O)c8F)c7c6)cc5)CC4)CC3)n(C)n2)C(C)C)cc1. The number of aromatic nitrogens is 5. The van der Waals surface area contributed by atoms with Crippen molar-refractivity contribution in [2.45, 2.75) is 83.7 Å². The number of hydrogen-bond acceptors (Lipinski definition) is 14. The minimum absolute atomic E-state index is 0.000577. The number of piperidine rings is 1. The number of benzene rings is 3. The van der Waals surface area contributed by atoms with Gasteiger partial charge in [-0.05, 0) is 92.0 Å². The van der Waals surface area contributed by atoms with Gasteiger partial charge in [0.25, 0.3) is 0 Å². The molecular weight excluding hydrogens is 1110 g/mol. The number of ketones is 1. The highest BCUT2D eigenvalue weighted by atomic mass is 32.2. The topological polar surface area (TPSA) is 196 Å². The molecule has 7 aromatic rings. The average Bonchev–Trinajstić information content (AvgIpc) is 3.65. The maximum absolute atomic E-state index is 16.1. The number of aliphatic hydroxyl groups is 1. The number of carbonyl (C=O) groups excluding carboxylic acids is 3. The van der Waals surface area contributed by atoms with Crippen LogP contribution in [0.5, 0.6) is 0 Å². The van der Waals surface area contributed by atoms with E-state index in [1.54, 1.807) is 28.5 Å². The standard InChI is InChI=1S/C60H69F3N12O6S2/c1-35(2)53(60(79)74-33-45(76)27-51(74)59(78)67-36(3)39-6-8-41(9-7-39)57-37(4)66-34-82-57)49-28-52(69(5)68-49)72-24-22-70(23-25-72)31-38-16-19-71(20-17-38)44-12-10-40(11-13-44)42-26-46-47(30-65-58(46)64-29-42)56(77)54-48(62)14-15-50(55(54)63)75(83(80)81)73-21-18-43(61)32-73/h6-15,26,28-30,34-36,38,43,45,51,53,76,83H,16-25,27,31-33H2,1-5H3,(H,64,65)(H,67,78)/t36-,43+,45+,51-,53-/m0/s1. The molecule has 4 fully saturated rings. The summed E-state index contributed by atoms with van der Waals surface area (Å²) >= 11 is 1.59. The van der Waals surface area contributed by atoms with Gasteiger partial charge in [-0.2, -0.15) is 9.51 Å². The molecule has 438 valence electrons. The van der Waals surface area contributed by atoms with Gasteiger partial charge in [-0.3, -0.25) is 24.0 Å². The molecular formula is C60H69F3N12O6S2. The number of nitrogens with one attached hydrogen (secondary N) is 2. The largest absolute Gasteiger partial charge is 0.391 e. The van der Waals surface area contributed by atoms with Crippen molar-refractivity contribution in [1.82, 2.24) is 44.9 Å². The Morgan fingerprint density at radius 1 is 0.867 bits per heavy atom. The van der Waals surface area contributed by atoms with Gasteiger partial charge in [-0.15, -0.1) is 11.3 Å². The van der Waals surface area contributed by atoms with Crippen LogP contribution < -0.4 is 19.5 Å². The molecule has 4 aliphatic heterocycles. The number of alkyl halides is 1. The lowest BCUT2D eigenvalue weighted by molar-refractivity contribution is -0.140. The third-order valence-corrected chi connectivity index (χ3v) is 18.7. The van der Waals surface area contributed by atoms with Gasteiger partial charge in [0.15, 0.2) is 5.82 Å². The molecule has 23 heteroatoms. The van der Waals surface area contributed by atoms with Gasteiger partial charge in [-0.1, -0.05) is 50.2 Å². The number of rotatable bonds is 17. The van der Waals surface area contributed by atoms with Gasteiger partial charge in [0, 0.05) is 113 Å². The third kappa shape index (κ3) is 11.9. The minimum Gasteiger partial charge on any atom is -0.391 e. The van der Waals surface area contributed by atoms with Gasteiger partial charge in [0.05, 0.1) is 51.9 Å². The van der Waals surface area contributed by atoms with Crippen LogP contribution in [-0.2, 0) is 27.5 Å². The van der Waals surface area contributed by atoms with Crippen LogP contribution in [0.25, 0.3) is 32.6 Å². The number of thiol groups is 1. The van der Waals surface area contributed by atoms with Crippen molar-refractivity contribution in [2.75, 3.05) is 79.7 Å². The van der Waals surface area contributed by atoms with Gasteiger partial charge >= 0.3 is 0 Å². The Morgan fingerprint density at radius 3 is 2.25 bits per heavy atom. The average molecular weight is 1180 g/mol.